The molecule has 2 aromatic carbocycles. The van der Waals surface area contributed by atoms with Crippen LogP contribution < -0.4 is 4.74 Å². The second-order valence-electron chi connectivity index (χ2n) is 5.92. The topological polar surface area (TPSA) is 63.6 Å². The average Bonchev–Trinajstić information content (AvgIpc) is 3.01. The Labute approximate surface area is 136 Å². The Morgan fingerprint density at radius 3 is 2.57 bits per heavy atom. The highest BCUT2D eigenvalue weighted by molar-refractivity contribution is 7.90. The van der Waals surface area contributed by atoms with Crippen LogP contribution in [-0.2, 0) is 22.7 Å². The Morgan fingerprint density at radius 2 is 1.87 bits per heavy atom. The first-order valence-corrected chi connectivity index (χ1v) is 9.56. The molecular formula is C18H20O4S. The summed E-state index contributed by atoms with van der Waals surface area (Å²) < 4.78 is 28.7. The molecule has 0 aromatic heterocycles. The van der Waals surface area contributed by atoms with E-state index in [4.69, 9.17) is 4.74 Å². The summed E-state index contributed by atoms with van der Waals surface area (Å²) in [5, 5.41) is 10.2. The third kappa shape index (κ3) is 3.57. The zero-order valence-corrected chi connectivity index (χ0v) is 13.8. The molecule has 1 atom stereocenters. The number of aliphatic hydroxyl groups is 1. The summed E-state index contributed by atoms with van der Waals surface area (Å²) in [4.78, 5) is 0.246. The van der Waals surface area contributed by atoms with E-state index in [1.54, 1.807) is 12.1 Å². The van der Waals surface area contributed by atoms with Crippen LogP contribution in [0.25, 0.3) is 0 Å². The minimum Gasteiger partial charge on any atom is -0.490 e. The fraction of sp³-hybridized carbons (Fsp3) is 0.333. The molecule has 23 heavy (non-hydrogen) atoms. The lowest BCUT2D eigenvalue weighted by molar-refractivity contribution is 0.107. The molecule has 0 fully saturated rings. The molecule has 0 amide bonds. The zero-order valence-electron chi connectivity index (χ0n) is 13.0. The normalized spacial score (nSPS) is 15.2. The predicted molar refractivity (Wildman–Crippen MR) is 88.5 cm³/mol. The van der Waals surface area contributed by atoms with Crippen LogP contribution in [0.3, 0.4) is 0 Å². The van der Waals surface area contributed by atoms with Crippen molar-refractivity contribution >= 4 is 9.84 Å². The summed E-state index contributed by atoms with van der Waals surface area (Å²) in [6.07, 6.45) is 3.62. The van der Waals surface area contributed by atoms with Gasteiger partial charge in [-0.3, -0.25) is 0 Å². The number of aliphatic hydroxyl groups excluding tert-OH is 1. The lowest BCUT2D eigenvalue weighted by Crippen LogP contribution is -2.11. The maximum absolute atomic E-state index is 11.4. The summed E-state index contributed by atoms with van der Waals surface area (Å²) in [5.74, 6) is 0.840. The van der Waals surface area contributed by atoms with Crippen molar-refractivity contribution in [2.24, 2.45) is 0 Å². The second-order valence-corrected chi connectivity index (χ2v) is 7.93. The molecule has 0 saturated heterocycles. The smallest absolute Gasteiger partial charge is 0.175 e. The Hall–Kier alpha value is -1.85. The van der Waals surface area contributed by atoms with E-state index in [9.17, 15) is 13.5 Å². The molecule has 1 aliphatic rings. The van der Waals surface area contributed by atoms with Gasteiger partial charge in [-0.2, -0.15) is 0 Å². The van der Waals surface area contributed by atoms with Crippen molar-refractivity contribution in [3.63, 3.8) is 0 Å². The quantitative estimate of drug-likeness (QED) is 0.914. The lowest BCUT2D eigenvalue weighted by atomic mass is 10.1. The van der Waals surface area contributed by atoms with E-state index >= 15 is 0 Å². The number of hydrogen-bond acceptors (Lipinski definition) is 4. The van der Waals surface area contributed by atoms with Crippen LogP contribution in [0.1, 0.15) is 29.2 Å². The van der Waals surface area contributed by atoms with Gasteiger partial charge in [0.15, 0.2) is 9.84 Å². The van der Waals surface area contributed by atoms with Crippen LogP contribution in [0.4, 0.5) is 0 Å². The van der Waals surface area contributed by atoms with E-state index in [1.807, 2.05) is 12.1 Å². The number of benzene rings is 2. The van der Waals surface area contributed by atoms with Crippen molar-refractivity contribution in [2.45, 2.75) is 30.3 Å². The standard InChI is InChI=1S/C18H20O4S/c1-23(20,21)15-10-8-14(9-11-15)17(19)12-22-18-7-3-5-13-4-2-6-16(13)18/h3,5,7-11,17,19H,2,4,6,12H2,1H3. The molecule has 2 aromatic rings. The Kier molecular flexibility index (Phi) is 4.41. The molecule has 4 nitrogen and oxygen atoms in total. The Bertz CT molecular complexity index is 794. The van der Waals surface area contributed by atoms with Crippen molar-refractivity contribution in [1.82, 2.24) is 0 Å². The van der Waals surface area contributed by atoms with E-state index in [-0.39, 0.29) is 11.5 Å². The highest BCUT2D eigenvalue weighted by Crippen LogP contribution is 2.31. The number of hydrogen-bond donors (Lipinski definition) is 1. The molecule has 1 unspecified atom stereocenters. The van der Waals surface area contributed by atoms with Crippen LogP contribution in [0, 0.1) is 0 Å². The molecular weight excluding hydrogens is 312 g/mol. The minimum atomic E-state index is -3.22. The van der Waals surface area contributed by atoms with Crippen molar-refractivity contribution in [2.75, 3.05) is 12.9 Å². The van der Waals surface area contributed by atoms with Gasteiger partial charge in [0.1, 0.15) is 18.5 Å². The fourth-order valence-electron chi connectivity index (χ4n) is 2.92. The Morgan fingerprint density at radius 1 is 1.13 bits per heavy atom. The largest absolute Gasteiger partial charge is 0.490 e. The van der Waals surface area contributed by atoms with Crippen LogP contribution in [0.2, 0.25) is 0 Å². The van der Waals surface area contributed by atoms with Crippen LogP contribution in [0.15, 0.2) is 47.4 Å². The van der Waals surface area contributed by atoms with Crippen molar-refractivity contribution in [3.05, 3.63) is 59.2 Å². The lowest BCUT2D eigenvalue weighted by Gasteiger charge is -2.15. The third-order valence-corrected chi connectivity index (χ3v) is 5.32. The monoisotopic (exact) mass is 332 g/mol. The van der Waals surface area contributed by atoms with Crippen LogP contribution in [-0.4, -0.2) is 26.4 Å². The highest BCUT2D eigenvalue weighted by Gasteiger charge is 2.17. The van der Waals surface area contributed by atoms with Gasteiger partial charge in [-0.15, -0.1) is 0 Å². The first-order chi connectivity index (χ1) is 10.9. The van der Waals surface area contributed by atoms with Gasteiger partial charge in [0, 0.05) is 6.26 Å². The van der Waals surface area contributed by atoms with E-state index in [0.717, 1.165) is 31.3 Å². The molecule has 0 saturated carbocycles. The fourth-order valence-corrected chi connectivity index (χ4v) is 3.55. The van der Waals surface area contributed by atoms with Crippen molar-refractivity contribution < 1.29 is 18.3 Å². The van der Waals surface area contributed by atoms with Gasteiger partial charge in [-0.25, -0.2) is 8.42 Å². The number of ether oxygens (including phenoxy) is 1. The van der Waals surface area contributed by atoms with Gasteiger partial charge >= 0.3 is 0 Å². The molecule has 1 aliphatic carbocycles. The molecule has 0 radical (unpaired) electrons. The highest BCUT2D eigenvalue weighted by atomic mass is 32.2. The number of sulfone groups is 1. The maximum Gasteiger partial charge on any atom is 0.175 e. The summed E-state index contributed by atoms with van der Waals surface area (Å²) >= 11 is 0. The molecule has 0 aliphatic heterocycles. The predicted octanol–water partition coefficient (Wildman–Crippen LogP) is 2.69. The van der Waals surface area contributed by atoms with Crippen molar-refractivity contribution in [3.8, 4) is 5.75 Å². The van der Waals surface area contributed by atoms with E-state index in [0.29, 0.717) is 5.56 Å². The molecule has 3 rings (SSSR count). The zero-order chi connectivity index (χ0) is 16.4. The van der Waals surface area contributed by atoms with Gasteiger partial charge in [-0.1, -0.05) is 24.3 Å². The summed E-state index contributed by atoms with van der Waals surface area (Å²) in [6.45, 7) is 0.147. The van der Waals surface area contributed by atoms with Gasteiger partial charge in [0.2, 0.25) is 0 Å². The molecule has 1 N–H and O–H groups in total. The van der Waals surface area contributed by atoms with Crippen molar-refractivity contribution in [1.29, 1.82) is 0 Å². The molecule has 0 bridgehead atoms. The number of rotatable bonds is 5. The van der Waals surface area contributed by atoms with Gasteiger partial charge in [0.25, 0.3) is 0 Å². The van der Waals surface area contributed by atoms with Crippen LogP contribution in [0.5, 0.6) is 5.75 Å². The maximum atomic E-state index is 11.4. The molecule has 0 spiro atoms. The average molecular weight is 332 g/mol. The van der Waals surface area contributed by atoms with Gasteiger partial charge < -0.3 is 9.84 Å². The Balaban J connectivity index is 1.68. The van der Waals surface area contributed by atoms with Crippen LogP contribution >= 0.6 is 0 Å². The van der Waals surface area contributed by atoms with E-state index < -0.39 is 15.9 Å². The summed E-state index contributed by atoms with van der Waals surface area (Å²) in [5.41, 5.74) is 3.21. The van der Waals surface area contributed by atoms with E-state index in [2.05, 4.69) is 6.07 Å². The first kappa shape index (κ1) is 16.0. The van der Waals surface area contributed by atoms with E-state index in [1.165, 1.54) is 23.3 Å². The van der Waals surface area contributed by atoms with Gasteiger partial charge in [-0.05, 0) is 54.2 Å². The SMILES string of the molecule is CS(=O)(=O)c1ccc(C(O)COc2cccc3c2CCC3)cc1. The third-order valence-electron chi connectivity index (χ3n) is 4.19. The molecule has 122 valence electrons. The first-order valence-electron chi connectivity index (χ1n) is 7.67. The molecule has 0 heterocycles. The number of fused-ring (bicyclic) bond motifs is 1. The summed E-state index contributed by atoms with van der Waals surface area (Å²) in [7, 11) is -3.22. The summed E-state index contributed by atoms with van der Waals surface area (Å²) in [6, 6.07) is 12.3. The molecule has 5 heteroatoms. The number of aryl methyl sites for hydroxylation is 1. The minimum absolute atomic E-state index is 0.147. The van der Waals surface area contributed by atoms with Gasteiger partial charge in [0.05, 0.1) is 4.90 Å². The second kappa shape index (κ2) is 6.34.